The van der Waals surface area contributed by atoms with Gasteiger partial charge in [-0.05, 0) is 52.9 Å². The van der Waals surface area contributed by atoms with Crippen molar-refractivity contribution in [3.63, 3.8) is 0 Å². The number of hydrogen-bond acceptors (Lipinski definition) is 3. The van der Waals surface area contributed by atoms with Gasteiger partial charge in [0, 0.05) is 9.26 Å². The van der Waals surface area contributed by atoms with Crippen molar-refractivity contribution in [2.75, 3.05) is 5.32 Å². The molecule has 1 heterocycles. The number of anilines is 1. The van der Waals surface area contributed by atoms with E-state index in [1.165, 1.54) is 0 Å². The van der Waals surface area contributed by atoms with Crippen LogP contribution in [0, 0.1) is 3.57 Å². The number of imidazole rings is 1. The molecule has 2 N–H and O–H groups in total. The van der Waals surface area contributed by atoms with Crippen LogP contribution in [0.2, 0.25) is 0 Å². The first-order valence-corrected chi connectivity index (χ1v) is 7.85. The molecule has 0 radical (unpaired) electrons. The first-order chi connectivity index (χ1) is 10.7. The highest BCUT2D eigenvalue weighted by molar-refractivity contribution is 14.1. The molecule has 1 amide bonds. The van der Waals surface area contributed by atoms with E-state index in [-0.39, 0.29) is 19.1 Å². The molecule has 0 spiro atoms. The number of nitrogens with one attached hydrogen (secondary N) is 1. The first kappa shape index (κ1) is 15.0. The van der Waals surface area contributed by atoms with Crippen molar-refractivity contribution in [2.24, 2.45) is 0 Å². The van der Waals surface area contributed by atoms with Crippen LogP contribution in [0.3, 0.4) is 0 Å². The van der Waals surface area contributed by atoms with Gasteiger partial charge in [0.15, 0.2) is 0 Å². The fourth-order valence-electron chi connectivity index (χ4n) is 2.33. The second-order valence-electron chi connectivity index (χ2n) is 4.82. The summed E-state index contributed by atoms with van der Waals surface area (Å²) in [5.41, 5.74) is 2.37. The number of aliphatic hydroxyl groups excluding tert-OH is 1. The number of para-hydroxylation sites is 2. The van der Waals surface area contributed by atoms with E-state index in [0.29, 0.717) is 5.82 Å². The third-order valence-electron chi connectivity index (χ3n) is 3.29. The van der Waals surface area contributed by atoms with Gasteiger partial charge in [-0.15, -0.1) is 0 Å². The van der Waals surface area contributed by atoms with Gasteiger partial charge in [0.2, 0.25) is 5.91 Å². The Morgan fingerprint density at radius 1 is 1.23 bits per heavy atom. The van der Waals surface area contributed by atoms with Crippen LogP contribution in [-0.2, 0) is 17.9 Å². The third kappa shape index (κ3) is 3.12. The summed E-state index contributed by atoms with van der Waals surface area (Å²) in [6, 6.07) is 15.1. The van der Waals surface area contributed by atoms with Crippen molar-refractivity contribution >= 4 is 45.2 Å². The normalized spacial score (nSPS) is 10.8. The van der Waals surface area contributed by atoms with Crippen LogP contribution in [0.1, 0.15) is 5.82 Å². The van der Waals surface area contributed by atoms with Gasteiger partial charge < -0.3 is 15.0 Å². The van der Waals surface area contributed by atoms with E-state index in [9.17, 15) is 9.90 Å². The highest BCUT2D eigenvalue weighted by Crippen LogP contribution is 2.17. The van der Waals surface area contributed by atoms with Crippen LogP contribution in [0.5, 0.6) is 0 Å². The van der Waals surface area contributed by atoms with E-state index in [0.717, 1.165) is 20.3 Å². The van der Waals surface area contributed by atoms with Crippen molar-refractivity contribution in [2.45, 2.75) is 13.2 Å². The van der Waals surface area contributed by atoms with Crippen molar-refractivity contribution in [3.8, 4) is 0 Å². The summed E-state index contributed by atoms with van der Waals surface area (Å²) in [5.74, 6) is 0.332. The number of nitrogens with zero attached hydrogens (tertiary/aromatic N) is 2. The molecular formula is C16H14IN3O2. The van der Waals surface area contributed by atoms with Gasteiger partial charge in [-0.1, -0.05) is 18.2 Å². The Kier molecular flexibility index (Phi) is 4.39. The minimum atomic E-state index is -0.203. The Balaban J connectivity index is 1.85. The third-order valence-corrected chi connectivity index (χ3v) is 3.96. The number of carbonyl (C=O) groups is 1. The Bertz CT molecular complexity index is 829. The van der Waals surface area contributed by atoms with Gasteiger partial charge in [0.1, 0.15) is 19.0 Å². The summed E-state index contributed by atoms with van der Waals surface area (Å²) in [5, 5.41) is 12.3. The number of fused-ring (bicyclic) bond motifs is 1. The summed E-state index contributed by atoms with van der Waals surface area (Å²) in [6.07, 6.45) is 0. The molecule has 5 nitrogen and oxygen atoms in total. The van der Waals surface area contributed by atoms with Crippen molar-refractivity contribution in [3.05, 3.63) is 57.9 Å². The highest BCUT2D eigenvalue weighted by atomic mass is 127. The summed E-state index contributed by atoms with van der Waals surface area (Å²) in [6.45, 7) is -0.0902. The molecule has 3 aromatic rings. The fraction of sp³-hybridized carbons (Fsp3) is 0.125. The lowest BCUT2D eigenvalue weighted by atomic mass is 10.3. The number of aliphatic hydroxyl groups is 1. The average Bonchev–Trinajstić information content (AvgIpc) is 2.85. The molecule has 0 atom stereocenters. The summed E-state index contributed by atoms with van der Waals surface area (Å²) in [4.78, 5) is 16.6. The van der Waals surface area contributed by atoms with Crippen LogP contribution in [0.4, 0.5) is 5.69 Å². The van der Waals surface area contributed by atoms with Gasteiger partial charge in [0.25, 0.3) is 0 Å². The molecule has 0 saturated carbocycles. The number of amides is 1. The van der Waals surface area contributed by atoms with E-state index < -0.39 is 0 Å². The summed E-state index contributed by atoms with van der Waals surface area (Å²) >= 11 is 2.20. The molecule has 0 aliphatic rings. The molecule has 3 rings (SSSR count). The maximum absolute atomic E-state index is 12.3. The number of carbonyl (C=O) groups excluding carboxylic acids is 1. The summed E-state index contributed by atoms with van der Waals surface area (Å²) < 4.78 is 2.79. The Hall–Kier alpha value is -1.93. The lowest BCUT2D eigenvalue weighted by Gasteiger charge is -2.09. The quantitative estimate of drug-likeness (QED) is 0.654. The summed E-state index contributed by atoms with van der Waals surface area (Å²) in [7, 11) is 0. The Morgan fingerprint density at radius 3 is 2.82 bits per heavy atom. The molecular weight excluding hydrogens is 393 g/mol. The zero-order chi connectivity index (χ0) is 15.5. The molecule has 0 aliphatic carbocycles. The predicted octanol–water partition coefficient (Wildman–Crippen LogP) is 2.77. The monoisotopic (exact) mass is 407 g/mol. The molecule has 0 aliphatic heterocycles. The van der Waals surface area contributed by atoms with Gasteiger partial charge >= 0.3 is 0 Å². The molecule has 0 bridgehead atoms. The van der Waals surface area contributed by atoms with Crippen LogP contribution in [0.25, 0.3) is 11.0 Å². The van der Waals surface area contributed by atoms with E-state index in [2.05, 4.69) is 32.9 Å². The van der Waals surface area contributed by atoms with Gasteiger partial charge in [-0.3, -0.25) is 4.79 Å². The van der Waals surface area contributed by atoms with Crippen molar-refractivity contribution in [1.29, 1.82) is 0 Å². The number of aromatic nitrogens is 2. The topological polar surface area (TPSA) is 67.2 Å². The van der Waals surface area contributed by atoms with Crippen LogP contribution in [-0.4, -0.2) is 20.6 Å². The predicted molar refractivity (Wildman–Crippen MR) is 93.4 cm³/mol. The minimum absolute atomic E-state index is 0.113. The van der Waals surface area contributed by atoms with Gasteiger partial charge in [-0.2, -0.15) is 0 Å². The molecule has 6 heteroatoms. The second-order valence-corrected chi connectivity index (χ2v) is 6.07. The maximum atomic E-state index is 12.3. The van der Waals surface area contributed by atoms with Crippen LogP contribution >= 0.6 is 22.6 Å². The molecule has 2 aromatic carbocycles. The molecule has 0 saturated heterocycles. The van der Waals surface area contributed by atoms with Gasteiger partial charge in [-0.25, -0.2) is 4.98 Å². The lowest BCUT2D eigenvalue weighted by Crippen LogP contribution is -2.20. The van der Waals surface area contributed by atoms with E-state index in [1.807, 2.05) is 48.5 Å². The number of benzene rings is 2. The van der Waals surface area contributed by atoms with E-state index in [1.54, 1.807) is 4.57 Å². The zero-order valence-electron chi connectivity index (χ0n) is 11.7. The smallest absolute Gasteiger partial charge is 0.244 e. The molecule has 22 heavy (non-hydrogen) atoms. The van der Waals surface area contributed by atoms with E-state index in [4.69, 9.17) is 0 Å². The minimum Gasteiger partial charge on any atom is -0.388 e. The molecule has 1 aromatic heterocycles. The number of hydrogen-bond donors (Lipinski definition) is 2. The molecule has 0 fully saturated rings. The van der Waals surface area contributed by atoms with E-state index >= 15 is 0 Å². The number of rotatable bonds is 4. The average molecular weight is 407 g/mol. The molecule has 0 unspecified atom stereocenters. The van der Waals surface area contributed by atoms with Crippen LogP contribution < -0.4 is 5.32 Å². The second kappa shape index (κ2) is 6.45. The Morgan fingerprint density at radius 2 is 2.05 bits per heavy atom. The highest BCUT2D eigenvalue weighted by Gasteiger charge is 2.13. The first-order valence-electron chi connectivity index (χ1n) is 6.78. The molecule has 112 valence electrons. The standard InChI is InChI=1S/C16H14IN3O2/c17-11-4-3-5-12(8-11)18-16(22)9-20-14-7-2-1-6-13(14)19-15(20)10-21/h1-8,21H,9-10H2,(H,18,22). The lowest BCUT2D eigenvalue weighted by molar-refractivity contribution is -0.116. The number of halogens is 1. The van der Waals surface area contributed by atoms with Crippen molar-refractivity contribution in [1.82, 2.24) is 9.55 Å². The SMILES string of the molecule is O=C(Cn1c(CO)nc2ccccc21)Nc1cccc(I)c1. The Labute approximate surface area is 141 Å². The maximum Gasteiger partial charge on any atom is 0.244 e. The largest absolute Gasteiger partial charge is 0.388 e. The fourth-order valence-corrected chi connectivity index (χ4v) is 2.88. The zero-order valence-corrected chi connectivity index (χ0v) is 13.8. The van der Waals surface area contributed by atoms with Crippen molar-refractivity contribution < 1.29 is 9.90 Å². The van der Waals surface area contributed by atoms with Crippen LogP contribution in [0.15, 0.2) is 48.5 Å². The van der Waals surface area contributed by atoms with Gasteiger partial charge in [0.05, 0.1) is 11.0 Å².